The van der Waals surface area contributed by atoms with E-state index in [0.29, 0.717) is 6.54 Å². The molecule has 2 aromatic rings. The van der Waals surface area contributed by atoms with E-state index in [4.69, 9.17) is 0 Å². The van der Waals surface area contributed by atoms with Crippen LogP contribution in [-0.4, -0.2) is 30.4 Å². The van der Waals surface area contributed by atoms with Crippen LogP contribution in [0.1, 0.15) is 35.5 Å². The molecule has 0 saturated heterocycles. The summed E-state index contributed by atoms with van der Waals surface area (Å²) in [5.41, 5.74) is 3.06. The summed E-state index contributed by atoms with van der Waals surface area (Å²) in [6, 6.07) is 7.95. The number of hydrogen-bond acceptors (Lipinski definition) is 4. The van der Waals surface area contributed by atoms with Gasteiger partial charge in [-0.2, -0.15) is 0 Å². The summed E-state index contributed by atoms with van der Waals surface area (Å²) >= 11 is 1.67. The molecule has 1 aromatic carbocycles. The second kappa shape index (κ2) is 9.50. The molecule has 144 valence electrons. The lowest BCUT2D eigenvalue weighted by Gasteiger charge is -2.24. The summed E-state index contributed by atoms with van der Waals surface area (Å²) < 4.78 is 0. The van der Waals surface area contributed by atoms with Crippen LogP contribution in [0.3, 0.4) is 0 Å². The molecule has 1 fully saturated rings. The molecule has 3 N–H and O–H groups in total. The number of anilines is 1. The summed E-state index contributed by atoms with van der Waals surface area (Å²) in [7, 11) is 1.76. The van der Waals surface area contributed by atoms with Crippen LogP contribution in [0.4, 0.5) is 5.69 Å². The molecule has 27 heavy (non-hydrogen) atoms. The lowest BCUT2D eigenvalue weighted by atomic mass is 9.85. The van der Waals surface area contributed by atoms with Gasteiger partial charge in [0.1, 0.15) is 0 Å². The molecule has 0 radical (unpaired) electrons. The Morgan fingerprint density at radius 2 is 2.19 bits per heavy atom. The number of aliphatic imine (C=N–C) groups is 1. The van der Waals surface area contributed by atoms with Crippen molar-refractivity contribution in [2.45, 2.75) is 39.2 Å². The van der Waals surface area contributed by atoms with Gasteiger partial charge in [0.2, 0.25) is 5.91 Å². The van der Waals surface area contributed by atoms with E-state index < -0.39 is 0 Å². The second-order valence-electron chi connectivity index (χ2n) is 6.78. The van der Waals surface area contributed by atoms with Crippen molar-refractivity contribution in [1.29, 1.82) is 0 Å². The van der Waals surface area contributed by atoms with Gasteiger partial charge in [-0.3, -0.25) is 9.79 Å². The molecule has 1 amide bonds. The fourth-order valence-electron chi connectivity index (χ4n) is 2.91. The number of rotatable bonds is 7. The first-order valence-electron chi connectivity index (χ1n) is 9.39. The number of nitrogens with one attached hydrogen (secondary N) is 3. The molecule has 1 heterocycles. The van der Waals surface area contributed by atoms with Crippen LogP contribution >= 0.6 is 11.3 Å². The number of aryl methyl sites for hydroxylation is 1. The van der Waals surface area contributed by atoms with E-state index in [2.05, 4.69) is 31.3 Å². The van der Waals surface area contributed by atoms with Gasteiger partial charge in [0.25, 0.3) is 0 Å². The lowest BCUT2D eigenvalue weighted by molar-refractivity contribution is -0.122. The van der Waals surface area contributed by atoms with E-state index in [9.17, 15) is 4.79 Å². The Kier molecular flexibility index (Phi) is 6.81. The highest BCUT2D eigenvalue weighted by atomic mass is 32.1. The first-order chi connectivity index (χ1) is 13.1. The van der Waals surface area contributed by atoms with Crippen molar-refractivity contribution in [3.05, 3.63) is 45.9 Å². The molecule has 1 aliphatic carbocycles. The Morgan fingerprint density at radius 1 is 1.33 bits per heavy atom. The topological polar surface area (TPSA) is 78.4 Å². The Hall–Kier alpha value is -2.41. The molecular formula is C20H27N5OS. The number of benzene rings is 1. The molecule has 0 atom stereocenters. The van der Waals surface area contributed by atoms with Crippen molar-refractivity contribution in [2.24, 2.45) is 10.9 Å². The highest BCUT2D eigenvalue weighted by molar-refractivity contribution is 7.09. The number of carbonyl (C=O) groups is 1. The minimum absolute atomic E-state index is 0.140. The van der Waals surface area contributed by atoms with Gasteiger partial charge < -0.3 is 16.0 Å². The van der Waals surface area contributed by atoms with E-state index in [1.807, 2.05) is 31.2 Å². The third-order valence-electron chi connectivity index (χ3n) is 4.69. The highest BCUT2D eigenvalue weighted by Crippen LogP contribution is 2.27. The first-order valence-corrected chi connectivity index (χ1v) is 10.3. The summed E-state index contributed by atoms with van der Waals surface area (Å²) in [5.74, 6) is 1.09. The van der Waals surface area contributed by atoms with Crippen LogP contribution in [0.25, 0.3) is 0 Å². The van der Waals surface area contributed by atoms with Gasteiger partial charge in [0, 0.05) is 43.5 Å². The monoisotopic (exact) mass is 385 g/mol. The molecule has 1 aliphatic rings. The molecule has 0 aliphatic heterocycles. The molecule has 0 spiro atoms. The minimum Gasteiger partial charge on any atom is -0.356 e. The zero-order valence-electron chi connectivity index (χ0n) is 15.9. The summed E-state index contributed by atoms with van der Waals surface area (Å²) in [5, 5.41) is 12.8. The Labute approximate surface area is 164 Å². The van der Waals surface area contributed by atoms with Crippen molar-refractivity contribution in [3.63, 3.8) is 0 Å². The van der Waals surface area contributed by atoms with Crippen LogP contribution in [0.2, 0.25) is 0 Å². The highest BCUT2D eigenvalue weighted by Gasteiger charge is 2.25. The van der Waals surface area contributed by atoms with Gasteiger partial charge in [-0.15, -0.1) is 11.3 Å². The molecule has 1 saturated carbocycles. The Morgan fingerprint density at radius 3 is 2.85 bits per heavy atom. The SMILES string of the molecule is CN=C(NCCc1csc(C)n1)NCc1cccc(NC(=O)C2CCC2)c1. The molecule has 0 bridgehead atoms. The number of aromatic nitrogens is 1. The Balaban J connectivity index is 1.44. The standard InChI is InChI=1S/C20H27N5OS/c1-14-24-18(13-27-14)9-10-22-20(21-2)23-12-15-5-3-8-17(11-15)25-19(26)16-6-4-7-16/h3,5,8,11,13,16H,4,6-7,9-10,12H2,1-2H3,(H,25,26)(H2,21,22,23). The number of amides is 1. The fourth-order valence-corrected chi connectivity index (χ4v) is 3.56. The van der Waals surface area contributed by atoms with Crippen LogP contribution < -0.4 is 16.0 Å². The third-order valence-corrected chi connectivity index (χ3v) is 5.52. The average Bonchev–Trinajstić information content (AvgIpc) is 3.02. The van der Waals surface area contributed by atoms with Crippen LogP contribution in [0.5, 0.6) is 0 Å². The van der Waals surface area contributed by atoms with Gasteiger partial charge >= 0.3 is 0 Å². The summed E-state index contributed by atoms with van der Waals surface area (Å²) in [6.07, 6.45) is 4.05. The molecule has 6 nitrogen and oxygen atoms in total. The smallest absolute Gasteiger partial charge is 0.227 e. The van der Waals surface area contributed by atoms with E-state index >= 15 is 0 Å². The number of thiazole rings is 1. The van der Waals surface area contributed by atoms with Crippen molar-refractivity contribution >= 4 is 28.9 Å². The van der Waals surface area contributed by atoms with Crippen molar-refractivity contribution in [2.75, 3.05) is 18.9 Å². The number of carbonyl (C=O) groups excluding carboxylic acids is 1. The average molecular weight is 386 g/mol. The normalized spacial score (nSPS) is 14.5. The van der Waals surface area contributed by atoms with Crippen LogP contribution in [0, 0.1) is 12.8 Å². The third kappa shape index (κ3) is 5.79. The Bertz CT molecular complexity index is 797. The van der Waals surface area contributed by atoms with Crippen molar-refractivity contribution < 1.29 is 4.79 Å². The molecule has 0 unspecified atom stereocenters. The number of nitrogens with zero attached hydrogens (tertiary/aromatic N) is 2. The fraction of sp³-hybridized carbons (Fsp3) is 0.450. The maximum Gasteiger partial charge on any atom is 0.227 e. The van der Waals surface area contributed by atoms with E-state index in [1.165, 1.54) is 0 Å². The van der Waals surface area contributed by atoms with Gasteiger partial charge in [0.05, 0.1) is 10.7 Å². The maximum absolute atomic E-state index is 12.1. The maximum atomic E-state index is 12.1. The largest absolute Gasteiger partial charge is 0.356 e. The second-order valence-corrected chi connectivity index (χ2v) is 7.84. The van der Waals surface area contributed by atoms with E-state index in [-0.39, 0.29) is 11.8 Å². The van der Waals surface area contributed by atoms with Crippen molar-refractivity contribution in [1.82, 2.24) is 15.6 Å². The zero-order chi connectivity index (χ0) is 19.1. The van der Waals surface area contributed by atoms with Gasteiger partial charge in [-0.25, -0.2) is 4.98 Å². The molecule has 1 aromatic heterocycles. The molecule has 3 rings (SSSR count). The number of hydrogen-bond donors (Lipinski definition) is 3. The van der Waals surface area contributed by atoms with Crippen LogP contribution in [0.15, 0.2) is 34.6 Å². The predicted molar refractivity (Wildman–Crippen MR) is 111 cm³/mol. The van der Waals surface area contributed by atoms with Crippen molar-refractivity contribution in [3.8, 4) is 0 Å². The summed E-state index contributed by atoms with van der Waals surface area (Å²) in [4.78, 5) is 20.8. The van der Waals surface area contributed by atoms with E-state index in [1.54, 1.807) is 18.4 Å². The van der Waals surface area contributed by atoms with E-state index in [0.717, 1.165) is 60.1 Å². The number of guanidine groups is 1. The molecular weight excluding hydrogens is 358 g/mol. The van der Waals surface area contributed by atoms with Crippen LogP contribution in [-0.2, 0) is 17.8 Å². The lowest BCUT2D eigenvalue weighted by Crippen LogP contribution is -2.37. The predicted octanol–water partition coefficient (Wildman–Crippen LogP) is 3.10. The summed E-state index contributed by atoms with van der Waals surface area (Å²) in [6.45, 7) is 3.44. The first kappa shape index (κ1) is 19.4. The molecule has 7 heteroatoms. The minimum atomic E-state index is 0.140. The van der Waals surface area contributed by atoms with Gasteiger partial charge in [-0.05, 0) is 37.5 Å². The van der Waals surface area contributed by atoms with Gasteiger partial charge in [0.15, 0.2) is 5.96 Å². The zero-order valence-corrected chi connectivity index (χ0v) is 16.7. The quantitative estimate of drug-likeness (QED) is 0.505. The van der Waals surface area contributed by atoms with Gasteiger partial charge in [-0.1, -0.05) is 18.6 Å².